The number of oxime groups is 1. The van der Waals surface area contributed by atoms with E-state index in [1.165, 1.54) is 6.07 Å². The number of ether oxygens (including phenoxy) is 1. The van der Waals surface area contributed by atoms with E-state index in [1.54, 1.807) is 13.8 Å². The highest BCUT2D eigenvalue weighted by atomic mass is 19.1. The van der Waals surface area contributed by atoms with Gasteiger partial charge in [0, 0.05) is 17.5 Å². The molecule has 20 heavy (non-hydrogen) atoms. The van der Waals surface area contributed by atoms with Crippen molar-refractivity contribution < 1.29 is 19.3 Å². The normalized spacial score (nSPS) is 12.2. The summed E-state index contributed by atoms with van der Waals surface area (Å²) in [5.41, 5.74) is 4.34. The van der Waals surface area contributed by atoms with E-state index in [0.29, 0.717) is 6.42 Å². The van der Waals surface area contributed by atoms with Gasteiger partial charge in [0.25, 0.3) is 0 Å². The third-order valence-electron chi connectivity index (χ3n) is 2.91. The second-order valence-corrected chi connectivity index (χ2v) is 4.84. The average Bonchev–Trinajstić information content (AvgIpc) is 2.37. The molecule has 0 aliphatic carbocycles. The van der Waals surface area contributed by atoms with Crippen molar-refractivity contribution in [1.82, 2.24) is 0 Å². The van der Waals surface area contributed by atoms with Crippen LogP contribution in [0.3, 0.4) is 0 Å². The van der Waals surface area contributed by atoms with Gasteiger partial charge in [-0.2, -0.15) is 4.39 Å². The predicted molar refractivity (Wildman–Crippen MR) is 70.4 cm³/mol. The lowest BCUT2D eigenvalue weighted by atomic mass is 9.88. The van der Waals surface area contributed by atoms with Crippen LogP contribution in [0.2, 0.25) is 0 Å². The number of benzene rings is 1. The van der Waals surface area contributed by atoms with E-state index >= 15 is 0 Å². The molecule has 8 heteroatoms. The van der Waals surface area contributed by atoms with Crippen LogP contribution in [-0.4, -0.2) is 22.6 Å². The summed E-state index contributed by atoms with van der Waals surface area (Å²) in [7, 11) is 0. The van der Waals surface area contributed by atoms with Gasteiger partial charge in [0.1, 0.15) is 11.6 Å². The highest BCUT2D eigenvalue weighted by Crippen LogP contribution is 2.24. The molecule has 110 valence electrons. The van der Waals surface area contributed by atoms with Crippen molar-refractivity contribution in [3.05, 3.63) is 34.1 Å². The number of hydrogen-bond acceptors (Lipinski definition) is 5. The largest absolute Gasteiger partial charge is 0.493 e. The van der Waals surface area contributed by atoms with Gasteiger partial charge in [-0.1, -0.05) is 19.0 Å². The molecule has 0 aliphatic heterocycles. The first-order valence-electron chi connectivity index (χ1n) is 5.82. The molecular formula is C12H16FN3O4. The Labute approximate surface area is 115 Å². The first kappa shape index (κ1) is 15.7. The van der Waals surface area contributed by atoms with E-state index in [9.17, 15) is 14.5 Å². The number of nitrogens with zero attached hydrogens (tertiary/aromatic N) is 2. The Hall–Kier alpha value is -2.38. The standard InChI is InChI=1S/C12H16FN3O4/c1-12(2,11(14)15-17)5-6-20-8-3-4-10(16(18)19)9(13)7-8/h3-4,7,17H,5-6H2,1-2H3,(H2,14,15). The van der Waals surface area contributed by atoms with Crippen LogP contribution in [0.1, 0.15) is 20.3 Å². The third-order valence-corrected chi connectivity index (χ3v) is 2.91. The highest BCUT2D eigenvalue weighted by molar-refractivity contribution is 5.85. The van der Waals surface area contributed by atoms with Gasteiger partial charge >= 0.3 is 5.69 Å². The van der Waals surface area contributed by atoms with Crippen LogP contribution in [-0.2, 0) is 0 Å². The van der Waals surface area contributed by atoms with Crippen LogP contribution in [0.15, 0.2) is 23.4 Å². The Morgan fingerprint density at radius 2 is 2.25 bits per heavy atom. The van der Waals surface area contributed by atoms with Crippen LogP contribution in [0.4, 0.5) is 10.1 Å². The molecule has 0 aliphatic rings. The van der Waals surface area contributed by atoms with Gasteiger partial charge < -0.3 is 15.7 Å². The number of nitro benzene ring substituents is 1. The molecule has 0 bridgehead atoms. The summed E-state index contributed by atoms with van der Waals surface area (Å²) >= 11 is 0. The molecule has 0 heterocycles. The van der Waals surface area contributed by atoms with E-state index in [1.807, 2.05) is 0 Å². The topological polar surface area (TPSA) is 111 Å². The molecule has 1 aromatic carbocycles. The van der Waals surface area contributed by atoms with E-state index in [-0.39, 0.29) is 18.2 Å². The average molecular weight is 285 g/mol. The lowest BCUT2D eigenvalue weighted by Crippen LogP contribution is -2.33. The van der Waals surface area contributed by atoms with Gasteiger partial charge in [-0.15, -0.1) is 0 Å². The van der Waals surface area contributed by atoms with Gasteiger partial charge in [0.2, 0.25) is 5.82 Å². The summed E-state index contributed by atoms with van der Waals surface area (Å²) in [6, 6.07) is 3.31. The minimum absolute atomic E-state index is 0.0657. The molecule has 0 saturated heterocycles. The monoisotopic (exact) mass is 285 g/mol. The first-order chi connectivity index (χ1) is 9.27. The zero-order valence-electron chi connectivity index (χ0n) is 11.2. The Bertz CT molecular complexity index is 531. The van der Waals surface area contributed by atoms with Crippen molar-refractivity contribution in [1.29, 1.82) is 0 Å². The molecule has 0 spiro atoms. The number of halogens is 1. The smallest absolute Gasteiger partial charge is 0.305 e. The van der Waals surface area contributed by atoms with Gasteiger partial charge in [-0.3, -0.25) is 10.1 Å². The summed E-state index contributed by atoms with van der Waals surface area (Å²) < 4.78 is 18.6. The number of nitrogens with two attached hydrogens (primary N) is 1. The second kappa shape index (κ2) is 6.18. The van der Waals surface area contributed by atoms with Crippen molar-refractivity contribution in [2.45, 2.75) is 20.3 Å². The maximum Gasteiger partial charge on any atom is 0.305 e. The summed E-state index contributed by atoms with van der Waals surface area (Å²) in [5, 5.41) is 22.0. The van der Waals surface area contributed by atoms with Crippen molar-refractivity contribution in [3.8, 4) is 5.75 Å². The van der Waals surface area contributed by atoms with Crippen molar-refractivity contribution in [2.75, 3.05) is 6.61 Å². The number of nitro groups is 1. The summed E-state index contributed by atoms with van der Waals surface area (Å²) in [6.07, 6.45) is 0.432. The van der Waals surface area contributed by atoms with Gasteiger partial charge in [0.15, 0.2) is 0 Å². The van der Waals surface area contributed by atoms with E-state index in [4.69, 9.17) is 15.7 Å². The lowest BCUT2D eigenvalue weighted by molar-refractivity contribution is -0.387. The summed E-state index contributed by atoms with van der Waals surface area (Å²) in [4.78, 5) is 9.66. The fraction of sp³-hybridized carbons (Fsp3) is 0.417. The SMILES string of the molecule is CC(C)(CCOc1ccc([N+](=O)[O-])c(F)c1)C(N)=NO. The Balaban J connectivity index is 2.64. The highest BCUT2D eigenvalue weighted by Gasteiger charge is 2.23. The molecule has 0 saturated carbocycles. The predicted octanol–water partition coefficient (Wildman–Crippen LogP) is 2.28. The van der Waals surface area contributed by atoms with Gasteiger partial charge in [-0.25, -0.2) is 0 Å². The fourth-order valence-corrected chi connectivity index (χ4v) is 1.41. The van der Waals surface area contributed by atoms with E-state index < -0.39 is 21.8 Å². The van der Waals surface area contributed by atoms with Crippen molar-refractivity contribution in [3.63, 3.8) is 0 Å². The van der Waals surface area contributed by atoms with Gasteiger partial charge in [-0.05, 0) is 12.5 Å². The Morgan fingerprint density at radius 1 is 1.60 bits per heavy atom. The third kappa shape index (κ3) is 3.81. The van der Waals surface area contributed by atoms with Crippen molar-refractivity contribution >= 4 is 11.5 Å². The number of amidine groups is 1. The molecule has 0 radical (unpaired) electrons. The van der Waals surface area contributed by atoms with E-state index in [2.05, 4.69) is 5.16 Å². The molecule has 0 atom stereocenters. The maximum absolute atomic E-state index is 13.4. The lowest BCUT2D eigenvalue weighted by Gasteiger charge is -2.22. The molecule has 0 amide bonds. The van der Waals surface area contributed by atoms with Crippen LogP contribution in [0.5, 0.6) is 5.75 Å². The minimum Gasteiger partial charge on any atom is -0.493 e. The quantitative estimate of drug-likeness (QED) is 0.274. The maximum atomic E-state index is 13.4. The van der Waals surface area contributed by atoms with Crippen molar-refractivity contribution in [2.24, 2.45) is 16.3 Å². The molecule has 3 N–H and O–H groups in total. The molecule has 0 fully saturated rings. The summed E-state index contributed by atoms with van der Waals surface area (Å²) in [5.74, 6) is -0.706. The Morgan fingerprint density at radius 3 is 2.75 bits per heavy atom. The van der Waals surface area contributed by atoms with Crippen LogP contribution in [0.25, 0.3) is 0 Å². The Kier molecular flexibility index (Phi) is 4.84. The molecule has 7 nitrogen and oxygen atoms in total. The van der Waals surface area contributed by atoms with Crippen LogP contribution >= 0.6 is 0 Å². The second-order valence-electron chi connectivity index (χ2n) is 4.84. The zero-order valence-corrected chi connectivity index (χ0v) is 11.2. The number of rotatable bonds is 6. The van der Waals surface area contributed by atoms with E-state index in [0.717, 1.165) is 12.1 Å². The van der Waals surface area contributed by atoms with Gasteiger partial charge in [0.05, 0.1) is 11.5 Å². The molecular weight excluding hydrogens is 269 g/mol. The minimum atomic E-state index is -0.955. The van der Waals surface area contributed by atoms with Crippen LogP contribution in [0, 0.1) is 21.3 Å². The molecule has 1 aromatic rings. The summed E-state index contributed by atoms with van der Waals surface area (Å²) in [6.45, 7) is 3.73. The first-order valence-corrected chi connectivity index (χ1v) is 5.82. The zero-order chi connectivity index (χ0) is 15.3. The van der Waals surface area contributed by atoms with Crippen LogP contribution < -0.4 is 10.5 Å². The fourth-order valence-electron chi connectivity index (χ4n) is 1.41. The molecule has 0 aromatic heterocycles. The molecule has 1 rings (SSSR count). The number of hydrogen-bond donors (Lipinski definition) is 2. The molecule has 0 unspecified atom stereocenters.